The second-order valence-electron chi connectivity index (χ2n) is 6.98. The molecule has 7 nitrogen and oxygen atoms in total. The Morgan fingerprint density at radius 1 is 1.11 bits per heavy atom. The molecule has 1 aromatic heterocycles. The summed E-state index contributed by atoms with van der Waals surface area (Å²) in [5.41, 5.74) is 0.994. The minimum Gasteiger partial charge on any atom is -0.368 e. The largest absolute Gasteiger partial charge is 0.368 e. The summed E-state index contributed by atoms with van der Waals surface area (Å²) in [7, 11) is 0. The van der Waals surface area contributed by atoms with Crippen molar-refractivity contribution in [2.45, 2.75) is 36.9 Å². The van der Waals surface area contributed by atoms with Crippen LogP contribution < -0.4 is 4.90 Å². The number of piperazine rings is 1. The van der Waals surface area contributed by atoms with E-state index >= 15 is 0 Å². The summed E-state index contributed by atoms with van der Waals surface area (Å²) >= 11 is 1.42. The number of thioether (sulfide) groups is 1. The fourth-order valence-corrected chi connectivity index (χ4v) is 4.59. The Kier molecular flexibility index (Phi) is 5.56. The van der Waals surface area contributed by atoms with Gasteiger partial charge in [0.05, 0.1) is 11.8 Å². The van der Waals surface area contributed by atoms with Gasteiger partial charge in [-0.05, 0) is 47.5 Å². The lowest BCUT2D eigenvalue weighted by molar-refractivity contribution is -0.128. The van der Waals surface area contributed by atoms with Crippen molar-refractivity contribution < 1.29 is 9.18 Å². The highest BCUT2D eigenvalue weighted by Gasteiger charge is 2.24. The molecule has 0 atom stereocenters. The molecule has 4 rings (SSSR count). The van der Waals surface area contributed by atoms with Crippen molar-refractivity contribution >= 4 is 23.4 Å². The van der Waals surface area contributed by atoms with E-state index in [9.17, 15) is 9.18 Å². The van der Waals surface area contributed by atoms with Crippen molar-refractivity contribution in [3.63, 3.8) is 0 Å². The Hall–Kier alpha value is -2.16. The summed E-state index contributed by atoms with van der Waals surface area (Å²) in [5.74, 6) is 0.230. The maximum atomic E-state index is 13.1. The lowest BCUT2D eigenvalue weighted by atomic mass is 10.2. The van der Waals surface area contributed by atoms with Crippen LogP contribution in [0.2, 0.25) is 0 Å². The summed E-state index contributed by atoms with van der Waals surface area (Å²) in [6.45, 7) is 2.85. The maximum Gasteiger partial charge on any atom is 0.233 e. The third kappa shape index (κ3) is 4.23. The molecular formula is C18H23FN6OS. The van der Waals surface area contributed by atoms with Crippen LogP contribution in [0.5, 0.6) is 0 Å². The van der Waals surface area contributed by atoms with Crippen LogP contribution in [0.4, 0.5) is 10.1 Å². The normalized spacial score (nSPS) is 18.3. The zero-order valence-corrected chi connectivity index (χ0v) is 15.9. The van der Waals surface area contributed by atoms with E-state index in [1.54, 1.807) is 12.1 Å². The van der Waals surface area contributed by atoms with Crippen LogP contribution >= 0.6 is 11.8 Å². The smallest absolute Gasteiger partial charge is 0.233 e. The molecule has 0 radical (unpaired) electrons. The summed E-state index contributed by atoms with van der Waals surface area (Å²) in [5, 5.41) is 12.7. The first-order valence-corrected chi connectivity index (χ1v) is 10.4. The third-order valence-corrected chi connectivity index (χ3v) is 6.20. The zero-order valence-electron chi connectivity index (χ0n) is 15.1. The van der Waals surface area contributed by atoms with Gasteiger partial charge >= 0.3 is 0 Å². The number of aromatic nitrogens is 4. The van der Waals surface area contributed by atoms with Crippen LogP contribution in [0, 0.1) is 5.82 Å². The summed E-state index contributed by atoms with van der Waals surface area (Å²) < 4.78 is 14.9. The highest BCUT2D eigenvalue weighted by Crippen LogP contribution is 2.31. The molecule has 0 unspecified atom stereocenters. The summed E-state index contributed by atoms with van der Waals surface area (Å²) in [6.07, 6.45) is 4.65. The molecule has 2 heterocycles. The molecular weight excluding hydrogens is 367 g/mol. The van der Waals surface area contributed by atoms with E-state index < -0.39 is 0 Å². The monoisotopic (exact) mass is 390 g/mol. The average Bonchev–Trinajstić information content (AvgIpc) is 3.38. The van der Waals surface area contributed by atoms with Crippen molar-refractivity contribution in [2.75, 3.05) is 36.8 Å². The molecule has 0 N–H and O–H groups in total. The van der Waals surface area contributed by atoms with Gasteiger partial charge in [-0.3, -0.25) is 4.79 Å². The van der Waals surface area contributed by atoms with E-state index in [-0.39, 0.29) is 11.7 Å². The first-order chi connectivity index (χ1) is 13.2. The zero-order chi connectivity index (χ0) is 18.6. The second-order valence-corrected chi connectivity index (χ2v) is 7.92. The van der Waals surface area contributed by atoms with E-state index in [0.29, 0.717) is 24.9 Å². The number of hydrogen-bond acceptors (Lipinski definition) is 6. The second kappa shape index (κ2) is 8.24. The number of benzene rings is 1. The number of carbonyl (C=O) groups is 1. The Labute approximate surface area is 161 Å². The van der Waals surface area contributed by atoms with E-state index in [1.165, 1.54) is 36.7 Å². The molecule has 2 aliphatic rings. The van der Waals surface area contributed by atoms with Gasteiger partial charge in [0.15, 0.2) is 0 Å². The van der Waals surface area contributed by atoms with Gasteiger partial charge in [0.2, 0.25) is 11.1 Å². The van der Waals surface area contributed by atoms with Crippen molar-refractivity contribution in [3.05, 3.63) is 30.1 Å². The molecule has 0 spiro atoms. The van der Waals surface area contributed by atoms with Crippen LogP contribution in [0.1, 0.15) is 31.7 Å². The van der Waals surface area contributed by atoms with Crippen molar-refractivity contribution in [1.29, 1.82) is 0 Å². The number of rotatable bonds is 5. The van der Waals surface area contributed by atoms with E-state index in [1.807, 2.05) is 9.58 Å². The minimum absolute atomic E-state index is 0.111. The number of hydrogen-bond donors (Lipinski definition) is 0. The number of carbonyl (C=O) groups excluding carboxylic acids is 1. The molecule has 27 heavy (non-hydrogen) atoms. The van der Waals surface area contributed by atoms with Gasteiger partial charge < -0.3 is 9.80 Å². The maximum absolute atomic E-state index is 13.1. The SMILES string of the molecule is O=C(CSc1nnnn1C1CCCC1)N1CCN(c2ccc(F)cc2)CC1. The predicted molar refractivity (Wildman–Crippen MR) is 101 cm³/mol. The van der Waals surface area contributed by atoms with E-state index in [4.69, 9.17) is 0 Å². The predicted octanol–water partition coefficient (Wildman–Crippen LogP) is 2.37. The topological polar surface area (TPSA) is 67.2 Å². The van der Waals surface area contributed by atoms with Crippen LogP contribution in [0.25, 0.3) is 0 Å². The Morgan fingerprint density at radius 3 is 2.52 bits per heavy atom. The molecule has 2 fully saturated rings. The number of amides is 1. The highest BCUT2D eigenvalue weighted by atomic mass is 32.2. The lowest BCUT2D eigenvalue weighted by Gasteiger charge is -2.36. The van der Waals surface area contributed by atoms with Gasteiger partial charge in [-0.2, -0.15) is 0 Å². The van der Waals surface area contributed by atoms with Gasteiger partial charge in [0, 0.05) is 31.9 Å². The number of nitrogens with zero attached hydrogens (tertiary/aromatic N) is 6. The molecule has 1 aromatic carbocycles. The fourth-order valence-electron chi connectivity index (χ4n) is 3.74. The van der Waals surface area contributed by atoms with Gasteiger partial charge in [0.1, 0.15) is 5.82 Å². The Balaban J connectivity index is 1.28. The molecule has 1 amide bonds. The Bertz CT molecular complexity index is 768. The van der Waals surface area contributed by atoms with Gasteiger partial charge in [-0.25, -0.2) is 9.07 Å². The third-order valence-electron chi connectivity index (χ3n) is 5.28. The Morgan fingerprint density at radius 2 is 1.81 bits per heavy atom. The summed E-state index contributed by atoms with van der Waals surface area (Å²) in [6, 6.07) is 6.88. The minimum atomic E-state index is -0.232. The molecule has 1 saturated carbocycles. The fraction of sp³-hybridized carbons (Fsp3) is 0.556. The van der Waals surface area contributed by atoms with Crippen LogP contribution in [-0.4, -0.2) is 62.9 Å². The standard InChI is InChI=1S/C18H23FN6OS/c19-14-5-7-15(8-6-14)23-9-11-24(12-10-23)17(26)13-27-18-20-21-22-25(18)16-3-1-2-4-16/h5-8,16H,1-4,9-13H2. The molecule has 2 aromatic rings. The molecule has 1 aliphatic heterocycles. The molecule has 1 saturated heterocycles. The molecule has 9 heteroatoms. The first kappa shape index (κ1) is 18.2. The molecule has 1 aliphatic carbocycles. The van der Waals surface area contributed by atoms with Crippen molar-refractivity contribution in [2.24, 2.45) is 0 Å². The number of anilines is 1. The number of tetrazole rings is 1. The number of halogens is 1. The summed E-state index contributed by atoms with van der Waals surface area (Å²) in [4.78, 5) is 16.6. The quantitative estimate of drug-likeness (QED) is 0.730. The van der Waals surface area contributed by atoms with Gasteiger partial charge in [0.25, 0.3) is 0 Å². The average molecular weight is 390 g/mol. The highest BCUT2D eigenvalue weighted by molar-refractivity contribution is 7.99. The molecule has 0 bridgehead atoms. The first-order valence-electron chi connectivity index (χ1n) is 9.39. The van der Waals surface area contributed by atoms with Crippen molar-refractivity contribution in [3.8, 4) is 0 Å². The molecule has 144 valence electrons. The van der Waals surface area contributed by atoms with Gasteiger partial charge in [-0.1, -0.05) is 24.6 Å². The van der Waals surface area contributed by atoms with Crippen molar-refractivity contribution in [1.82, 2.24) is 25.1 Å². The van der Waals surface area contributed by atoms with E-state index in [0.717, 1.165) is 36.8 Å². The lowest BCUT2D eigenvalue weighted by Crippen LogP contribution is -2.49. The van der Waals surface area contributed by atoms with E-state index in [2.05, 4.69) is 20.4 Å². The van der Waals surface area contributed by atoms with Crippen LogP contribution in [-0.2, 0) is 4.79 Å². The van der Waals surface area contributed by atoms with Gasteiger partial charge in [-0.15, -0.1) is 5.10 Å². The van der Waals surface area contributed by atoms with Crippen LogP contribution in [0.15, 0.2) is 29.4 Å². The van der Waals surface area contributed by atoms with Crippen LogP contribution in [0.3, 0.4) is 0 Å².